The van der Waals surface area contributed by atoms with Crippen molar-refractivity contribution in [1.29, 1.82) is 0 Å². The van der Waals surface area contributed by atoms with Crippen molar-refractivity contribution in [2.24, 2.45) is 0 Å². The molecular weight excluding hydrogens is 463 g/mol. The lowest BCUT2D eigenvalue weighted by Gasteiger charge is -2.33. The van der Waals surface area contributed by atoms with Crippen LogP contribution in [0.3, 0.4) is 0 Å². The topological polar surface area (TPSA) is 45.7 Å². The van der Waals surface area contributed by atoms with Crippen LogP contribution in [0.25, 0.3) is 10.6 Å². The predicted molar refractivity (Wildman–Crippen MR) is 126 cm³/mol. The van der Waals surface area contributed by atoms with Crippen LogP contribution in [0.2, 0.25) is 0 Å². The lowest BCUT2D eigenvalue weighted by Crippen LogP contribution is -2.48. The van der Waals surface area contributed by atoms with Gasteiger partial charge in [-0.05, 0) is 42.0 Å². The maximum atomic E-state index is 12.9. The highest BCUT2D eigenvalue weighted by molar-refractivity contribution is 7.13. The molecule has 1 aliphatic heterocycles. The molecule has 178 valence electrons. The standard InChI is InChI=1S/C25H24F3N3O2S/c1-2-10-30-11-13-31(14-12-30)24(32)22-17-34-23(29-22)19-6-8-21(9-7-19)33-16-18-4-3-5-20(15-18)25(26,27)28/h2-9,15,17H,1,10-14,16H2. The molecule has 0 aliphatic carbocycles. The maximum absolute atomic E-state index is 12.9. The molecule has 0 radical (unpaired) electrons. The van der Waals surface area contributed by atoms with Gasteiger partial charge in [-0.3, -0.25) is 9.69 Å². The van der Waals surface area contributed by atoms with Gasteiger partial charge < -0.3 is 9.64 Å². The van der Waals surface area contributed by atoms with E-state index in [4.69, 9.17) is 4.74 Å². The summed E-state index contributed by atoms with van der Waals surface area (Å²) in [5, 5.41) is 2.49. The van der Waals surface area contributed by atoms with Gasteiger partial charge in [-0.15, -0.1) is 17.9 Å². The lowest BCUT2D eigenvalue weighted by molar-refractivity contribution is -0.137. The van der Waals surface area contributed by atoms with Gasteiger partial charge in [0.2, 0.25) is 0 Å². The number of carbonyl (C=O) groups excluding carboxylic acids is 1. The van der Waals surface area contributed by atoms with Crippen molar-refractivity contribution in [3.63, 3.8) is 0 Å². The number of thiazole rings is 1. The van der Waals surface area contributed by atoms with Gasteiger partial charge >= 0.3 is 6.18 Å². The van der Waals surface area contributed by atoms with Crippen molar-refractivity contribution in [2.45, 2.75) is 12.8 Å². The van der Waals surface area contributed by atoms with Crippen molar-refractivity contribution in [3.8, 4) is 16.3 Å². The molecule has 0 N–H and O–H groups in total. The number of alkyl halides is 3. The Kier molecular flexibility index (Phi) is 7.33. The highest BCUT2D eigenvalue weighted by Gasteiger charge is 2.30. The second kappa shape index (κ2) is 10.4. The van der Waals surface area contributed by atoms with Crippen molar-refractivity contribution in [1.82, 2.24) is 14.8 Å². The van der Waals surface area contributed by atoms with Crippen LogP contribution < -0.4 is 4.74 Å². The fraction of sp³-hybridized carbons (Fsp3) is 0.280. The van der Waals surface area contributed by atoms with Crippen LogP contribution in [0.5, 0.6) is 5.75 Å². The summed E-state index contributed by atoms with van der Waals surface area (Å²) in [6, 6.07) is 12.2. The Bertz CT molecular complexity index is 1140. The van der Waals surface area contributed by atoms with E-state index >= 15 is 0 Å². The zero-order chi connectivity index (χ0) is 24.1. The number of halogens is 3. The molecule has 2 aromatic carbocycles. The first kappa shape index (κ1) is 24.0. The van der Waals surface area contributed by atoms with Gasteiger partial charge in [-0.2, -0.15) is 13.2 Å². The van der Waals surface area contributed by atoms with Crippen molar-refractivity contribution < 1.29 is 22.7 Å². The highest BCUT2D eigenvalue weighted by Crippen LogP contribution is 2.30. The van der Waals surface area contributed by atoms with E-state index in [-0.39, 0.29) is 12.5 Å². The monoisotopic (exact) mass is 487 g/mol. The minimum Gasteiger partial charge on any atom is -0.489 e. The van der Waals surface area contributed by atoms with Gasteiger partial charge in [0.05, 0.1) is 5.56 Å². The fourth-order valence-corrected chi connectivity index (χ4v) is 4.48. The van der Waals surface area contributed by atoms with E-state index in [9.17, 15) is 18.0 Å². The van der Waals surface area contributed by atoms with Crippen LogP contribution in [-0.2, 0) is 12.8 Å². The number of hydrogen-bond donors (Lipinski definition) is 0. The molecule has 0 unspecified atom stereocenters. The third kappa shape index (κ3) is 5.84. The first-order valence-corrected chi connectivity index (χ1v) is 11.7. The summed E-state index contributed by atoms with van der Waals surface area (Å²) in [4.78, 5) is 21.4. The molecule has 0 saturated carbocycles. The van der Waals surface area contributed by atoms with Crippen LogP contribution in [0.1, 0.15) is 21.6 Å². The minimum absolute atomic E-state index is 0.0270. The average molecular weight is 488 g/mol. The molecule has 1 saturated heterocycles. The van der Waals surface area contributed by atoms with E-state index in [0.717, 1.165) is 42.3 Å². The third-order valence-corrected chi connectivity index (χ3v) is 6.42. The van der Waals surface area contributed by atoms with Gasteiger partial charge in [0.25, 0.3) is 5.91 Å². The van der Waals surface area contributed by atoms with Crippen LogP contribution in [0, 0.1) is 0 Å². The van der Waals surface area contributed by atoms with E-state index < -0.39 is 11.7 Å². The summed E-state index contributed by atoms with van der Waals surface area (Å²) in [6.07, 6.45) is -2.52. The Hall–Kier alpha value is -3.17. The molecule has 0 bridgehead atoms. The van der Waals surface area contributed by atoms with E-state index in [0.29, 0.717) is 30.1 Å². The lowest BCUT2D eigenvalue weighted by atomic mass is 10.1. The van der Waals surface area contributed by atoms with Crippen LogP contribution in [0.15, 0.2) is 66.6 Å². The number of aromatic nitrogens is 1. The summed E-state index contributed by atoms with van der Waals surface area (Å²) < 4.78 is 44.2. The predicted octanol–water partition coefficient (Wildman–Crippen LogP) is 5.35. The average Bonchev–Trinajstić information content (AvgIpc) is 3.33. The number of carbonyl (C=O) groups is 1. The quantitative estimate of drug-likeness (QED) is 0.422. The molecule has 1 amide bonds. The van der Waals surface area contributed by atoms with Crippen molar-refractivity contribution in [2.75, 3.05) is 32.7 Å². The Morgan fingerprint density at radius 3 is 2.53 bits per heavy atom. The SMILES string of the molecule is C=CCN1CCN(C(=O)c2csc(-c3ccc(OCc4cccc(C(F)(F)F)c4)cc3)n2)CC1. The number of rotatable bonds is 7. The fourth-order valence-electron chi connectivity index (χ4n) is 3.68. The largest absolute Gasteiger partial charge is 0.489 e. The molecule has 0 spiro atoms. The van der Waals surface area contributed by atoms with Gasteiger partial charge in [-0.1, -0.05) is 18.2 Å². The Balaban J connectivity index is 1.35. The molecule has 1 fully saturated rings. The van der Waals surface area contributed by atoms with E-state index in [1.54, 1.807) is 23.6 Å². The number of piperazine rings is 1. The third-order valence-electron chi connectivity index (χ3n) is 5.53. The Labute approximate surface area is 200 Å². The molecular formula is C25H24F3N3O2S. The second-order valence-corrected chi connectivity index (χ2v) is 8.79. The number of amides is 1. The van der Waals surface area contributed by atoms with Crippen LogP contribution >= 0.6 is 11.3 Å². The van der Waals surface area contributed by atoms with Crippen LogP contribution in [-0.4, -0.2) is 53.4 Å². The van der Waals surface area contributed by atoms with Crippen LogP contribution in [0.4, 0.5) is 13.2 Å². The Morgan fingerprint density at radius 1 is 1.12 bits per heavy atom. The number of ether oxygens (including phenoxy) is 1. The molecule has 3 aromatic rings. The molecule has 2 heterocycles. The molecule has 0 atom stereocenters. The number of hydrogen-bond acceptors (Lipinski definition) is 5. The zero-order valence-corrected chi connectivity index (χ0v) is 19.2. The second-order valence-electron chi connectivity index (χ2n) is 7.93. The number of nitrogens with zero attached hydrogens (tertiary/aromatic N) is 3. The minimum atomic E-state index is -4.38. The van der Waals surface area contributed by atoms with Gasteiger partial charge in [0.1, 0.15) is 23.1 Å². The summed E-state index contributed by atoms with van der Waals surface area (Å²) in [5.41, 5.74) is 1.01. The molecule has 34 heavy (non-hydrogen) atoms. The smallest absolute Gasteiger partial charge is 0.416 e. The van der Waals surface area contributed by atoms with E-state index in [1.165, 1.54) is 17.4 Å². The normalized spacial score (nSPS) is 14.7. The summed E-state index contributed by atoms with van der Waals surface area (Å²) in [5.74, 6) is 0.466. The molecule has 4 rings (SSSR count). The first-order valence-electron chi connectivity index (χ1n) is 10.8. The van der Waals surface area contributed by atoms with E-state index in [1.807, 2.05) is 23.1 Å². The van der Waals surface area contributed by atoms with Crippen molar-refractivity contribution in [3.05, 3.63) is 83.4 Å². The van der Waals surface area contributed by atoms with Crippen molar-refractivity contribution >= 4 is 17.2 Å². The molecule has 9 heteroatoms. The number of benzene rings is 2. The molecule has 1 aromatic heterocycles. The summed E-state index contributed by atoms with van der Waals surface area (Å²) in [7, 11) is 0. The van der Waals surface area contributed by atoms with Gasteiger partial charge in [0.15, 0.2) is 0 Å². The highest BCUT2D eigenvalue weighted by atomic mass is 32.1. The first-order chi connectivity index (χ1) is 16.3. The zero-order valence-electron chi connectivity index (χ0n) is 18.4. The summed E-state index contributed by atoms with van der Waals surface area (Å²) >= 11 is 1.39. The molecule has 5 nitrogen and oxygen atoms in total. The Morgan fingerprint density at radius 2 is 1.85 bits per heavy atom. The molecule has 1 aliphatic rings. The van der Waals surface area contributed by atoms with Gasteiger partial charge in [0, 0.05) is 43.7 Å². The van der Waals surface area contributed by atoms with Gasteiger partial charge in [-0.25, -0.2) is 4.98 Å². The summed E-state index contributed by atoms with van der Waals surface area (Å²) in [6.45, 7) is 7.56. The van der Waals surface area contributed by atoms with E-state index in [2.05, 4.69) is 16.5 Å². The maximum Gasteiger partial charge on any atom is 0.416 e.